The smallest absolute Gasteiger partial charge is 0.326 e. The molecule has 4 nitrogen and oxygen atoms in total. The van der Waals surface area contributed by atoms with Crippen molar-refractivity contribution in [1.29, 1.82) is 0 Å². The van der Waals surface area contributed by atoms with Crippen LogP contribution in [0.5, 0.6) is 0 Å². The Balaban J connectivity index is 2.42. The number of aromatic nitrogens is 2. The van der Waals surface area contributed by atoms with Crippen LogP contribution in [0.15, 0.2) is 24.9 Å². The second kappa shape index (κ2) is 5.12. The molecule has 20 heavy (non-hydrogen) atoms. The second-order valence-corrected chi connectivity index (χ2v) is 5.75. The number of carbonyl (C=O) groups is 1. The van der Waals surface area contributed by atoms with Crippen molar-refractivity contribution < 1.29 is 9.53 Å². The number of hydrogen-bond donors (Lipinski definition) is 0. The third-order valence-electron chi connectivity index (χ3n) is 3.04. The van der Waals surface area contributed by atoms with Gasteiger partial charge < -0.3 is 9.30 Å². The van der Waals surface area contributed by atoms with Crippen molar-refractivity contribution in [3.05, 3.63) is 36.2 Å². The van der Waals surface area contributed by atoms with Gasteiger partial charge in [-0.05, 0) is 39.8 Å². The highest BCUT2D eigenvalue weighted by atomic mass is 16.6. The molecule has 106 valence electrons. The van der Waals surface area contributed by atoms with Gasteiger partial charge in [0.2, 0.25) is 0 Å². The molecule has 0 fully saturated rings. The molecule has 0 aliphatic heterocycles. The summed E-state index contributed by atoms with van der Waals surface area (Å²) >= 11 is 0. The molecule has 2 heterocycles. The van der Waals surface area contributed by atoms with Crippen LogP contribution in [0.1, 0.15) is 32.0 Å². The molecule has 0 saturated carbocycles. The van der Waals surface area contributed by atoms with E-state index < -0.39 is 5.60 Å². The monoisotopic (exact) mass is 272 g/mol. The predicted molar refractivity (Wildman–Crippen MR) is 80.4 cm³/mol. The van der Waals surface area contributed by atoms with Gasteiger partial charge in [-0.15, -0.1) is 0 Å². The van der Waals surface area contributed by atoms with Crippen LogP contribution in [-0.4, -0.2) is 21.1 Å². The van der Waals surface area contributed by atoms with Gasteiger partial charge in [0.25, 0.3) is 0 Å². The van der Waals surface area contributed by atoms with Crippen LogP contribution in [-0.2, 0) is 16.1 Å². The van der Waals surface area contributed by atoms with Crippen LogP contribution in [0, 0.1) is 6.92 Å². The van der Waals surface area contributed by atoms with E-state index in [0.717, 1.165) is 22.3 Å². The molecule has 0 amide bonds. The van der Waals surface area contributed by atoms with Gasteiger partial charge in [-0.1, -0.05) is 12.7 Å². The van der Waals surface area contributed by atoms with Crippen LogP contribution in [0.4, 0.5) is 0 Å². The Morgan fingerprint density at radius 2 is 2.20 bits per heavy atom. The maximum absolute atomic E-state index is 12.0. The third-order valence-corrected chi connectivity index (χ3v) is 3.04. The number of nitrogens with zero attached hydrogens (tertiary/aromatic N) is 2. The minimum absolute atomic E-state index is 0.180. The molecular weight excluding hydrogens is 252 g/mol. The summed E-state index contributed by atoms with van der Waals surface area (Å²) in [5, 5.41) is 0. The fraction of sp³-hybridized carbons (Fsp3) is 0.375. The molecule has 0 radical (unpaired) electrons. The number of rotatable bonds is 3. The summed E-state index contributed by atoms with van der Waals surface area (Å²) in [4.78, 5) is 16.4. The molecular formula is C16H20N2O2. The molecule has 0 unspecified atom stereocenters. The Morgan fingerprint density at radius 3 is 2.80 bits per heavy atom. The van der Waals surface area contributed by atoms with Gasteiger partial charge in [-0.25, -0.2) is 0 Å². The summed E-state index contributed by atoms with van der Waals surface area (Å²) in [5.74, 6) is -0.253. The minimum atomic E-state index is -0.479. The fourth-order valence-corrected chi connectivity index (χ4v) is 2.27. The third kappa shape index (κ3) is 2.74. The van der Waals surface area contributed by atoms with Gasteiger partial charge in [-0.2, -0.15) is 0 Å². The summed E-state index contributed by atoms with van der Waals surface area (Å²) in [6.07, 6.45) is 3.52. The summed E-state index contributed by atoms with van der Waals surface area (Å²) < 4.78 is 7.31. The van der Waals surface area contributed by atoms with Crippen LogP contribution in [0.3, 0.4) is 0 Å². The number of pyridine rings is 1. The Kier molecular flexibility index (Phi) is 3.66. The minimum Gasteiger partial charge on any atom is -0.459 e. The lowest BCUT2D eigenvalue weighted by Crippen LogP contribution is -2.26. The van der Waals surface area contributed by atoms with Gasteiger partial charge in [-0.3, -0.25) is 9.78 Å². The lowest BCUT2D eigenvalue weighted by atomic mass is 10.2. The molecule has 0 aromatic carbocycles. The average molecular weight is 272 g/mol. The van der Waals surface area contributed by atoms with E-state index in [4.69, 9.17) is 4.74 Å². The number of ether oxygens (including phenoxy) is 1. The molecule has 0 aliphatic carbocycles. The number of carbonyl (C=O) groups excluding carboxylic acids is 1. The van der Waals surface area contributed by atoms with Gasteiger partial charge >= 0.3 is 5.97 Å². The van der Waals surface area contributed by atoms with Crippen LogP contribution >= 0.6 is 0 Å². The zero-order valence-electron chi connectivity index (χ0n) is 12.4. The predicted octanol–water partition coefficient (Wildman–Crippen LogP) is 3.33. The maximum atomic E-state index is 12.0. The first-order chi connectivity index (χ1) is 9.33. The SMILES string of the molecule is C=Cc1c(C)n(CC(=O)OC(C)(C)C)c2cccnc12. The van der Waals surface area contributed by atoms with E-state index in [-0.39, 0.29) is 12.5 Å². The lowest BCUT2D eigenvalue weighted by molar-refractivity contribution is -0.155. The van der Waals surface area contributed by atoms with E-state index in [2.05, 4.69) is 11.6 Å². The van der Waals surface area contributed by atoms with E-state index >= 15 is 0 Å². The first kappa shape index (κ1) is 14.3. The van der Waals surface area contributed by atoms with Crippen molar-refractivity contribution in [1.82, 2.24) is 9.55 Å². The number of esters is 1. The molecule has 0 saturated heterocycles. The second-order valence-electron chi connectivity index (χ2n) is 5.75. The van der Waals surface area contributed by atoms with E-state index in [1.807, 2.05) is 44.4 Å². The first-order valence-electron chi connectivity index (χ1n) is 6.61. The Morgan fingerprint density at radius 1 is 1.50 bits per heavy atom. The zero-order valence-corrected chi connectivity index (χ0v) is 12.4. The Bertz CT molecular complexity index is 663. The molecule has 0 atom stereocenters. The van der Waals surface area contributed by atoms with Crippen LogP contribution < -0.4 is 0 Å². The summed E-state index contributed by atoms with van der Waals surface area (Å²) in [6, 6.07) is 3.81. The molecule has 0 bridgehead atoms. The maximum Gasteiger partial charge on any atom is 0.326 e. The van der Waals surface area contributed by atoms with Crippen molar-refractivity contribution in [3.8, 4) is 0 Å². The van der Waals surface area contributed by atoms with E-state index in [9.17, 15) is 4.79 Å². The van der Waals surface area contributed by atoms with E-state index in [1.165, 1.54) is 0 Å². The largest absolute Gasteiger partial charge is 0.459 e. The van der Waals surface area contributed by atoms with Crippen molar-refractivity contribution >= 4 is 23.1 Å². The molecule has 4 heteroatoms. The summed E-state index contributed by atoms with van der Waals surface area (Å²) in [5.41, 5.74) is 3.24. The highest BCUT2D eigenvalue weighted by molar-refractivity contribution is 5.88. The summed E-state index contributed by atoms with van der Waals surface area (Å²) in [7, 11) is 0. The zero-order chi connectivity index (χ0) is 14.9. The highest BCUT2D eigenvalue weighted by Crippen LogP contribution is 2.25. The normalized spacial score (nSPS) is 11.6. The Labute approximate surface area is 119 Å². The molecule has 0 aliphatic rings. The van der Waals surface area contributed by atoms with Gasteiger partial charge in [0.15, 0.2) is 0 Å². The average Bonchev–Trinajstić information content (AvgIpc) is 2.60. The van der Waals surface area contributed by atoms with Crippen LogP contribution in [0.25, 0.3) is 17.1 Å². The van der Waals surface area contributed by atoms with Crippen molar-refractivity contribution in [2.75, 3.05) is 0 Å². The highest BCUT2D eigenvalue weighted by Gasteiger charge is 2.19. The van der Waals surface area contributed by atoms with Crippen LogP contribution in [0.2, 0.25) is 0 Å². The molecule has 2 aromatic heterocycles. The quantitative estimate of drug-likeness (QED) is 0.805. The van der Waals surface area contributed by atoms with Gasteiger partial charge in [0.05, 0.1) is 11.0 Å². The Hall–Kier alpha value is -2.10. The molecule has 0 N–H and O–H groups in total. The number of fused-ring (bicyclic) bond motifs is 1. The summed E-state index contributed by atoms with van der Waals surface area (Å²) in [6.45, 7) is 11.6. The standard InChI is InChI=1S/C16H20N2O2/c1-6-12-11(2)18(10-14(19)20-16(3,4)5)13-8-7-9-17-15(12)13/h6-9H,1,10H2,2-5H3. The molecule has 0 spiro atoms. The van der Waals surface area contributed by atoms with Crippen molar-refractivity contribution in [3.63, 3.8) is 0 Å². The fourth-order valence-electron chi connectivity index (χ4n) is 2.27. The molecule has 2 aromatic rings. The first-order valence-corrected chi connectivity index (χ1v) is 6.61. The van der Waals surface area contributed by atoms with Gasteiger partial charge in [0, 0.05) is 17.5 Å². The number of hydrogen-bond acceptors (Lipinski definition) is 3. The topological polar surface area (TPSA) is 44.1 Å². The lowest BCUT2D eigenvalue weighted by Gasteiger charge is -2.20. The van der Waals surface area contributed by atoms with Gasteiger partial charge in [0.1, 0.15) is 12.1 Å². The van der Waals surface area contributed by atoms with E-state index in [1.54, 1.807) is 12.3 Å². The molecule has 2 rings (SSSR count). The van der Waals surface area contributed by atoms with E-state index in [0.29, 0.717) is 0 Å². The van der Waals surface area contributed by atoms with Crippen molar-refractivity contribution in [2.24, 2.45) is 0 Å². The van der Waals surface area contributed by atoms with Crippen molar-refractivity contribution in [2.45, 2.75) is 39.8 Å².